The Kier molecular flexibility index (Phi) is 4.12. The van der Waals surface area contributed by atoms with E-state index >= 15 is 0 Å². The maximum Gasteiger partial charge on any atom is 0.257 e. The summed E-state index contributed by atoms with van der Waals surface area (Å²) in [6.07, 6.45) is 1.44. The first-order valence-electron chi connectivity index (χ1n) is 7.06. The number of rotatable bonds is 4. The van der Waals surface area contributed by atoms with Gasteiger partial charge in [0, 0.05) is 25.2 Å². The Bertz CT molecular complexity index is 900. The highest BCUT2D eigenvalue weighted by atomic mass is 32.1. The molecule has 23 heavy (non-hydrogen) atoms. The molecule has 3 rings (SSSR count). The molecule has 0 spiro atoms. The number of anilines is 1. The molecule has 0 atom stereocenters. The predicted octanol–water partition coefficient (Wildman–Crippen LogP) is 1.98. The van der Waals surface area contributed by atoms with Gasteiger partial charge in [-0.15, -0.1) is 11.3 Å². The van der Waals surface area contributed by atoms with E-state index in [9.17, 15) is 9.59 Å². The summed E-state index contributed by atoms with van der Waals surface area (Å²) in [7, 11) is 3.69. The van der Waals surface area contributed by atoms with Crippen LogP contribution >= 0.6 is 11.3 Å². The molecule has 0 aliphatic rings. The van der Waals surface area contributed by atoms with Gasteiger partial charge in [0.15, 0.2) is 0 Å². The molecule has 0 fully saturated rings. The summed E-state index contributed by atoms with van der Waals surface area (Å²) < 4.78 is 0. The molecule has 0 bridgehead atoms. The van der Waals surface area contributed by atoms with Crippen molar-refractivity contribution in [2.24, 2.45) is 0 Å². The lowest BCUT2D eigenvalue weighted by Gasteiger charge is -2.11. The van der Waals surface area contributed by atoms with Crippen LogP contribution in [0.3, 0.4) is 0 Å². The zero-order chi connectivity index (χ0) is 16.4. The molecule has 3 heterocycles. The van der Waals surface area contributed by atoms with Crippen LogP contribution in [-0.4, -0.2) is 30.0 Å². The van der Waals surface area contributed by atoms with Crippen molar-refractivity contribution >= 4 is 34.1 Å². The van der Waals surface area contributed by atoms with Crippen LogP contribution in [0.4, 0.5) is 5.82 Å². The van der Waals surface area contributed by atoms with Crippen molar-refractivity contribution in [3.8, 4) is 0 Å². The molecule has 6 nitrogen and oxygen atoms in total. The summed E-state index contributed by atoms with van der Waals surface area (Å²) in [4.78, 5) is 34.9. The Morgan fingerprint density at radius 3 is 2.87 bits per heavy atom. The number of aromatic amines is 1. The molecule has 0 aliphatic carbocycles. The van der Waals surface area contributed by atoms with Crippen molar-refractivity contribution in [3.05, 3.63) is 56.5 Å². The highest BCUT2D eigenvalue weighted by molar-refractivity contribution is 7.09. The molecule has 0 saturated heterocycles. The quantitative estimate of drug-likeness (QED) is 0.768. The van der Waals surface area contributed by atoms with E-state index in [0.29, 0.717) is 17.9 Å². The smallest absolute Gasteiger partial charge is 0.257 e. The van der Waals surface area contributed by atoms with Crippen LogP contribution in [-0.2, 0) is 6.54 Å². The van der Waals surface area contributed by atoms with Crippen LogP contribution in [0.1, 0.15) is 15.2 Å². The van der Waals surface area contributed by atoms with E-state index in [0.717, 1.165) is 4.88 Å². The number of hydrogen-bond acceptors (Lipinski definition) is 5. The number of carbonyl (C=O) groups excluding carboxylic acids is 1. The van der Waals surface area contributed by atoms with E-state index in [-0.39, 0.29) is 16.5 Å². The molecule has 1 amide bonds. The molecule has 3 aromatic heterocycles. The van der Waals surface area contributed by atoms with Gasteiger partial charge in [-0.3, -0.25) is 9.59 Å². The van der Waals surface area contributed by atoms with Crippen molar-refractivity contribution < 1.29 is 4.79 Å². The Labute approximate surface area is 136 Å². The summed E-state index contributed by atoms with van der Waals surface area (Å²) in [6.45, 7) is 0.402. The Morgan fingerprint density at radius 1 is 1.35 bits per heavy atom. The van der Waals surface area contributed by atoms with Crippen molar-refractivity contribution in [2.75, 3.05) is 19.0 Å². The second-order valence-corrected chi connectivity index (χ2v) is 6.29. The third-order valence-electron chi connectivity index (χ3n) is 3.42. The van der Waals surface area contributed by atoms with Crippen LogP contribution in [0.5, 0.6) is 0 Å². The van der Waals surface area contributed by atoms with Crippen LogP contribution in [0.15, 0.2) is 40.6 Å². The van der Waals surface area contributed by atoms with Gasteiger partial charge in [-0.1, -0.05) is 6.07 Å². The van der Waals surface area contributed by atoms with E-state index < -0.39 is 5.91 Å². The first-order chi connectivity index (χ1) is 11.1. The minimum atomic E-state index is -0.404. The van der Waals surface area contributed by atoms with Gasteiger partial charge in [0.2, 0.25) is 5.43 Å². The minimum Gasteiger partial charge on any atom is -0.363 e. The minimum absolute atomic E-state index is 0.0671. The van der Waals surface area contributed by atoms with Crippen LogP contribution < -0.4 is 15.6 Å². The molecule has 0 unspecified atom stereocenters. The van der Waals surface area contributed by atoms with E-state index in [1.807, 2.05) is 42.6 Å². The maximum absolute atomic E-state index is 12.5. The van der Waals surface area contributed by atoms with E-state index in [2.05, 4.69) is 15.3 Å². The van der Waals surface area contributed by atoms with Gasteiger partial charge in [-0.05, 0) is 23.6 Å². The third-order valence-corrected chi connectivity index (χ3v) is 4.29. The zero-order valence-corrected chi connectivity index (χ0v) is 13.6. The molecule has 0 saturated carbocycles. The molecule has 3 aromatic rings. The van der Waals surface area contributed by atoms with Crippen molar-refractivity contribution in [1.82, 2.24) is 15.3 Å². The number of pyridine rings is 2. The monoisotopic (exact) mass is 328 g/mol. The summed E-state index contributed by atoms with van der Waals surface area (Å²) in [5.74, 6) is 0.262. The number of H-pyrrole nitrogens is 1. The average Bonchev–Trinajstić information content (AvgIpc) is 3.06. The van der Waals surface area contributed by atoms with Gasteiger partial charge in [0.25, 0.3) is 5.91 Å². The largest absolute Gasteiger partial charge is 0.363 e. The average molecular weight is 328 g/mol. The molecule has 7 heteroatoms. The van der Waals surface area contributed by atoms with Crippen molar-refractivity contribution in [1.29, 1.82) is 0 Å². The SMILES string of the molecule is CN(C)c1ccc2[nH]cc(C(=O)NCc3cccs3)c(=O)c2n1. The lowest BCUT2D eigenvalue weighted by Crippen LogP contribution is -2.28. The van der Waals surface area contributed by atoms with Crippen LogP contribution in [0, 0.1) is 0 Å². The molecular formula is C16H16N4O2S. The van der Waals surface area contributed by atoms with Gasteiger partial charge in [0.05, 0.1) is 12.1 Å². The summed E-state index contributed by atoms with van der Waals surface area (Å²) >= 11 is 1.55. The van der Waals surface area contributed by atoms with E-state index in [1.165, 1.54) is 6.20 Å². The van der Waals surface area contributed by atoms with Crippen molar-refractivity contribution in [3.63, 3.8) is 0 Å². The van der Waals surface area contributed by atoms with Crippen LogP contribution in [0.2, 0.25) is 0 Å². The highest BCUT2D eigenvalue weighted by Crippen LogP contribution is 2.13. The topological polar surface area (TPSA) is 78.1 Å². The fourth-order valence-corrected chi connectivity index (χ4v) is 2.82. The Morgan fingerprint density at radius 2 is 2.17 bits per heavy atom. The highest BCUT2D eigenvalue weighted by Gasteiger charge is 2.14. The number of fused-ring (bicyclic) bond motifs is 1. The third kappa shape index (κ3) is 3.09. The molecule has 0 aliphatic heterocycles. The summed E-state index contributed by atoms with van der Waals surface area (Å²) in [6, 6.07) is 7.45. The number of thiophene rings is 1. The lowest BCUT2D eigenvalue weighted by molar-refractivity contribution is 0.0950. The maximum atomic E-state index is 12.5. The standard InChI is InChI=1S/C16H16N4O2S/c1-20(2)13-6-5-12-14(19-13)15(21)11(9-17-12)16(22)18-8-10-4-3-7-23-10/h3-7,9H,8H2,1-2H3,(H,17,21)(H,18,22). The van der Waals surface area contributed by atoms with Gasteiger partial charge in [-0.25, -0.2) is 4.98 Å². The second-order valence-electron chi connectivity index (χ2n) is 5.25. The normalized spacial score (nSPS) is 10.7. The zero-order valence-electron chi connectivity index (χ0n) is 12.8. The first kappa shape index (κ1) is 15.2. The number of aromatic nitrogens is 2. The Hall–Kier alpha value is -2.67. The number of nitrogens with zero attached hydrogens (tertiary/aromatic N) is 2. The molecular weight excluding hydrogens is 312 g/mol. The van der Waals surface area contributed by atoms with E-state index in [1.54, 1.807) is 17.4 Å². The number of amides is 1. The number of hydrogen-bond donors (Lipinski definition) is 2. The summed E-state index contributed by atoms with van der Waals surface area (Å²) in [5, 5.41) is 4.70. The predicted molar refractivity (Wildman–Crippen MR) is 92.2 cm³/mol. The van der Waals surface area contributed by atoms with Gasteiger partial charge < -0.3 is 15.2 Å². The van der Waals surface area contributed by atoms with Gasteiger partial charge >= 0.3 is 0 Å². The van der Waals surface area contributed by atoms with Gasteiger partial charge in [0.1, 0.15) is 16.9 Å². The number of nitrogens with one attached hydrogen (secondary N) is 2. The van der Waals surface area contributed by atoms with Gasteiger partial charge in [-0.2, -0.15) is 0 Å². The fraction of sp³-hybridized carbons (Fsp3) is 0.188. The molecule has 2 N–H and O–H groups in total. The van der Waals surface area contributed by atoms with Crippen molar-refractivity contribution in [2.45, 2.75) is 6.54 Å². The summed E-state index contributed by atoms with van der Waals surface area (Å²) in [5.41, 5.74) is 0.568. The fourth-order valence-electron chi connectivity index (χ4n) is 2.17. The Balaban J connectivity index is 1.92. The van der Waals surface area contributed by atoms with Crippen LogP contribution in [0.25, 0.3) is 11.0 Å². The van der Waals surface area contributed by atoms with E-state index in [4.69, 9.17) is 0 Å². The second kappa shape index (κ2) is 6.21. The molecule has 0 radical (unpaired) electrons. The molecule has 118 valence electrons. The molecule has 0 aromatic carbocycles. The first-order valence-corrected chi connectivity index (χ1v) is 7.94. The lowest BCUT2D eigenvalue weighted by atomic mass is 10.2. The number of carbonyl (C=O) groups is 1.